The first kappa shape index (κ1) is 25.0. The summed E-state index contributed by atoms with van der Waals surface area (Å²) in [4.78, 5) is 23.0. The van der Waals surface area contributed by atoms with Crippen LogP contribution < -0.4 is 0 Å². The zero-order valence-electron chi connectivity index (χ0n) is 16.7. The van der Waals surface area contributed by atoms with E-state index in [2.05, 4.69) is 0 Å². The van der Waals surface area contributed by atoms with Crippen LogP contribution in [0.15, 0.2) is 0 Å². The Kier molecular flexibility index (Phi) is 9.09. The van der Waals surface area contributed by atoms with E-state index in [-0.39, 0.29) is 25.4 Å². The molecule has 12 heteroatoms. The van der Waals surface area contributed by atoms with Crippen molar-refractivity contribution in [3.8, 4) is 0 Å². The Labute approximate surface area is 172 Å². The van der Waals surface area contributed by atoms with Crippen molar-refractivity contribution in [2.45, 2.75) is 62.4 Å². The van der Waals surface area contributed by atoms with Crippen LogP contribution in [0.1, 0.15) is 13.3 Å². The summed E-state index contributed by atoms with van der Waals surface area (Å²) in [6.45, 7) is 0.650. The minimum absolute atomic E-state index is 0.0183. The van der Waals surface area contributed by atoms with Crippen molar-refractivity contribution in [3.63, 3.8) is 0 Å². The van der Waals surface area contributed by atoms with E-state index < -0.39 is 73.4 Å². The zero-order chi connectivity index (χ0) is 22.6. The predicted octanol–water partition coefficient (Wildman–Crippen LogP) is -3.13. The Morgan fingerprint density at radius 1 is 0.900 bits per heavy atom. The maximum Gasteiger partial charge on any atom is 0.335 e. The van der Waals surface area contributed by atoms with Crippen LogP contribution in [0.5, 0.6) is 0 Å². The van der Waals surface area contributed by atoms with Gasteiger partial charge in [-0.05, 0) is 6.92 Å². The number of Topliss-reactive ketones (excluding diaryl/α,β-unsaturated/α-hetero) is 1. The maximum atomic E-state index is 11.8. The van der Waals surface area contributed by atoms with Crippen molar-refractivity contribution >= 4 is 11.8 Å². The number of carboxylic acids is 1. The lowest BCUT2D eigenvalue weighted by atomic mass is 9.77. The molecule has 10 atom stereocenters. The molecule has 12 nitrogen and oxygen atoms in total. The van der Waals surface area contributed by atoms with Crippen molar-refractivity contribution in [1.29, 1.82) is 0 Å². The van der Waals surface area contributed by atoms with Crippen LogP contribution in [0.2, 0.25) is 0 Å². The van der Waals surface area contributed by atoms with Crippen molar-refractivity contribution in [1.82, 2.24) is 0 Å². The van der Waals surface area contributed by atoms with Crippen LogP contribution >= 0.6 is 0 Å². The van der Waals surface area contributed by atoms with Crippen molar-refractivity contribution in [3.05, 3.63) is 0 Å². The average Bonchev–Trinajstić information content (AvgIpc) is 2.68. The molecule has 2 heterocycles. The summed E-state index contributed by atoms with van der Waals surface area (Å²) in [7, 11) is 1.43. The first-order chi connectivity index (χ1) is 14.1. The highest BCUT2D eigenvalue weighted by Crippen LogP contribution is 2.35. The van der Waals surface area contributed by atoms with Crippen LogP contribution in [0.3, 0.4) is 0 Å². The molecule has 0 aromatic carbocycles. The minimum Gasteiger partial charge on any atom is -0.479 e. The Bertz CT molecular complexity index is 586. The van der Waals surface area contributed by atoms with Crippen LogP contribution in [-0.2, 0) is 28.5 Å². The van der Waals surface area contributed by atoms with Crippen LogP contribution in [0.25, 0.3) is 0 Å². The van der Waals surface area contributed by atoms with E-state index in [1.54, 1.807) is 0 Å². The molecule has 0 bridgehead atoms. The molecule has 2 aliphatic rings. The van der Waals surface area contributed by atoms with Gasteiger partial charge >= 0.3 is 5.97 Å². The summed E-state index contributed by atoms with van der Waals surface area (Å²) in [6, 6.07) is 0. The summed E-state index contributed by atoms with van der Waals surface area (Å²) in [5.41, 5.74) is 0. The fourth-order valence-electron chi connectivity index (χ4n) is 3.92. The molecular weight excluding hydrogens is 408 g/mol. The number of ketones is 1. The highest BCUT2D eigenvalue weighted by molar-refractivity contribution is 5.75. The second kappa shape index (κ2) is 10.9. The molecule has 2 aliphatic heterocycles. The largest absolute Gasteiger partial charge is 0.479 e. The highest BCUT2D eigenvalue weighted by atomic mass is 16.7. The van der Waals surface area contributed by atoms with Gasteiger partial charge in [-0.3, -0.25) is 0 Å². The van der Waals surface area contributed by atoms with Crippen LogP contribution in [-0.4, -0.2) is 118 Å². The van der Waals surface area contributed by atoms with Gasteiger partial charge in [0.1, 0.15) is 30.2 Å². The summed E-state index contributed by atoms with van der Waals surface area (Å²) < 4.78 is 21.3. The van der Waals surface area contributed by atoms with Gasteiger partial charge in [0.2, 0.25) is 0 Å². The van der Waals surface area contributed by atoms with Gasteiger partial charge in [-0.2, -0.15) is 0 Å². The Morgan fingerprint density at radius 2 is 1.57 bits per heavy atom. The molecule has 2 saturated heterocycles. The smallest absolute Gasteiger partial charge is 0.335 e. The number of aliphatic hydroxyl groups excluding tert-OH is 5. The molecule has 0 spiro atoms. The number of hydrogen-bond acceptors (Lipinski definition) is 11. The van der Waals surface area contributed by atoms with Gasteiger partial charge < -0.3 is 54.4 Å². The maximum absolute atomic E-state index is 11.8. The summed E-state index contributed by atoms with van der Waals surface area (Å²) in [6.07, 6.45) is -11.7. The molecule has 30 heavy (non-hydrogen) atoms. The number of ether oxygens (including phenoxy) is 4. The summed E-state index contributed by atoms with van der Waals surface area (Å²) in [5.74, 6) is -3.05. The lowest BCUT2D eigenvalue weighted by molar-refractivity contribution is -0.303. The van der Waals surface area contributed by atoms with Gasteiger partial charge in [-0.25, -0.2) is 4.79 Å². The molecule has 0 amide bonds. The van der Waals surface area contributed by atoms with Crippen molar-refractivity contribution in [2.75, 3.05) is 26.9 Å². The van der Waals surface area contributed by atoms with E-state index in [1.165, 1.54) is 14.0 Å². The SMILES string of the molecule is COC[C@@H]1OC(CO)[C@@H](O)[C@@H](CO[C@@H]2OC(C(=O)O)[C@@H](O)[C@@H](O)C2O)C1CC(C)=O. The van der Waals surface area contributed by atoms with Gasteiger partial charge in [0.05, 0.1) is 32.0 Å². The molecule has 0 aliphatic carbocycles. The molecule has 0 radical (unpaired) electrons. The van der Waals surface area contributed by atoms with Gasteiger partial charge in [0, 0.05) is 25.4 Å². The first-order valence-electron chi connectivity index (χ1n) is 9.59. The molecule has 4 unspecified atom stereocenters. The Morgan fingerprint density at radius 3 is 2.10 bits per heavy atom. The number of methoxy groups -OCH3 is 1. The predicted molar refractivity (Wildman–Crippen MR) is 96.2 cm³/mol. The lowest BCUT2D eigenvalue weighted by Crippen LogP contribution is -2.61. The molecule has 6 N–H and O–H groups in total. The summed E-state index contributed by atoms with van der Waals surface area (Å²) in [5, 5.41) is 59.0. The monoisotopic (exact) mass is 438 g/mol. The number of aliphatic hydroxyl groups is 5. The second-order valence-electron chi connectivity index (χ2n) is 7.64. The lowest BCUT2D eigenvalue weighted by Gasteiger charge is -2.45. The third-order valence-corrected chi connectivity index (χ3v) is 5.50. The topological polar surface area (TPSA) is 192 Å². The van der Waals surface area contributed by atoms with Crippen LogP contribution in [0, 0.1) is 11.8 Å². The molecular formula is C18H30O12. The van der Waals surface area contributed by atoms with Gasteiger partial charge in [-0.15, -0.1) is 0 Å². The van der Waals surface area contributed by atoms with Crippen molar-refractivity contribution in [2.24, 2.45) is 11.8 Å². The quantitative estimate of drug-likeness (QED) is 0.212. The number of carbonyl (C=O) groups excluding carboxylic acids is 1. The minimum atomic E-state index is -1.86. The van der Waals surface area contributed by atoms with E-state index in [0.29, 0.717) is 0 Å². The van der Waals surface area contributed by atoms with E-state index >= 15 is 0 Å². The van der Waals surface area contributed by atoms with Gasteiger partial charge in [0.15, 0.2) is 12.4 Å². The number of carboxylic acid groups (broad SMARTS) is 1. The number of rotatable bonds is 9. The molecule has 2 rings (SSSR count). The van der Waals surface area contributed by atoms with E-state index in [0.717, 1.165) is 0 Å². The van der Waals surface area contributed by atoms with E-state index in [9.17, 15) is 35.1 Å². The number of carbonyl (C=O) groups is 2. The third-order valence-electron chi connectivity index (χ3n) is 5.50. The van der Waals surface area contributed by atoms with E-state index in [4.69, 9.17) is 24.1 Å². The molecule has 0 saturated carbocycles. The molecule has 174 valence electrons. The highest BCUT2D eigenvalue weighted by Gasteiger charge is 2.49. The Balaban J connectivity index is 2.18. The van der Waals surface area contributed by atoms with E-state index in [1.807, 2.05) is 0 Å². The molecule has 0 aromatic heterocycles. The first-order valence-corrected chi connectivity index (χ1v) is 9.59. The average molecular weight is 438 g/mol. The van der Waals surface area contributed by atoms with Gasteiger partial charge in [-0.1, -0.05) is 0 Å². The number of aliphatic carboxylic acids is 1. The van der Waals surface area contributed by atoms with Crippen LogP contribution in [0.4, 0.5) is 0 Å². The number of hydrogen-bond donors (Lipinski definition) is 6. The summed E-state index contributed by atoms with van der Waals surface area (Å²) >= 11 is 0. The van der Waals surface area contributed by atoms with Crippen molar-refractivity contribution < 1.29 is 59.2 Å². The molecule has 2 fully saturated rings. The molecule has 0 aromatic rings. The normalized spacial score (nSPS) is 42.1. The zero-order valence-corrected chi connectivity index (χ0v) is 16.7. The fourth-order valence-corrected chi connectivity index (χ4v) is 3.92. The van der Waals surface area contributed by atoms with Gasteiger partial charge in [0.25, 0.3) is 0 Å². The second-order valence-corrected chi connectivity index (χ2v) is 7.64. The standard InChI is InChI=1S/C18H30O12/c1-7(20)3-8-9(12(21)10(4-19)29-11(8)6-27-2)5-28-18-15(24)13(22)14(23)16(30-18)17(25)26/h8-16,18-19,21-24H,3-6H2,1-2H3,(H,25,26)/t8?,9-,10?,11-,12-,13+,14-,15?,16?,18+/m0/s1. The third kappa shape index (κ3) is 5.52. The fraction of sp³-hybridized carbons (Fsp3) is 0.889. The Hall–Kier alpha value is -1.22.